The van der Waals surface area contributed by atoms with Crippen molar-refractivity contribution in [1.29, 1.82) is 0 Å². The quantitative estimate of drug-likeness (QED) is 0.679. The molecule has 0 aromatic heterocycles. The van der Waals surface area contributed by atoms with Crippen LogP contribution in [0.15, 0.2) is 90.0 Å². The molecule has 0 saturated carbocycles. The van der Waals surface area contributed by atoms with Crippen molar-refractivity contribution in [3.8, 4) is 0 Å². The molecule has 4 nitrogen and oxygen atoms in total. The van der Waals surface area contributed by atoms with Gasteiger partial charge >= 0.3 is 0 Å². The van der Waals surface area contributed by atoms with Crippen LogP contribution in [0, 0.1) is 0 Å². The predicted molar refractivity (Wildman–Crippen MR) is 110 cm³/mol. The topological polar surface area (TPSA) is 44.7 Å². The van der Waals surface area contributed by atoms with Crippen LogP contribution >= 0.6 is 0 Å². The lowest BCUT2D eigenvalue weighted by molar-refractivity contribution is -0.102. The zero-order valence-corrected chi connectivity index (χ0v) is 15.1. The minimum Gasteiger partial charge on any atom is -0.386 e. The van der Waals surface area contributed by atoms with E-state index in [-0.39, 0.29) is 12.0 Å². The van der Waals surface area contributed by atoms with E-state index in [1.54, 1.807) is 0 Å². The third-order valence-electron chi connectivity index (χ3n) is 4.96. The largest absolute Gasteiger partial charge is 0.386 e. The van der Waals surface area contributed by atoms with Gasteiger partial charge in [0, 0.05) is 7.05 Å². The molecule has 134 valence electrons. The number of hydrogen-bond acceptors (Lipinski definition) is 4. The number of carbonyl (C=O) groups is 1. The summed E-state index contributed by atoms with van der Waals surface area (Å²) in [7, 11) is 1.89. The van der Waals surface area contributed by atoms with Crippen LogP contribution in [-0.2, 0) is 4.79 Å². The molecule has 0 spiro atoms. The van der Waals surface area contributed by atoms with Gasteiger partial charge in [0.15, 0.2) is 6.29 Å². The highest BCUT2D eigenvalue weighted by molar-refractivity contribution is 6.32. The molecule has 3 aromatic rings. The van der Waals surface area contributed by atoms with E-state index in [9.17, 15) is 4.79 Å². The van der Waals surface area contributed by atoms with Crippen molar-refractivity contribution < 1.29 is 4.79 Å². The van der Waals surface area contributed by atoms with Gasteiger partial charge < -0.3 is 5.32 Å². The Kier molecular flexibility index (Phi) is 4.71. The molecule has 1 aliphatic rings. The molecule has 2 unspecified atom stereocenters. The molecule has 0 fully saturated rings. The Bertz CT molecular complexity index is 954. The van der Waals surface area contributed by atoms with E-state index < -0.39 is 0 Å². The summed E-state index contributed by atoms with van der Waals surface area (Å²) in [6, 6.07) is 28.3. The summed E-state index contributed by atoms with van der Waals surface area (Å²) in [4.78, 5) is 11.9. The second kappa shape index (κ2) is 7.46. The van der Waals surface area contributed by atoms with Crippen LogP contribution in [0.25, 0.3) is 0 Å². The maximum absolute atomic E-state index is 11.9. The Morgan fingerprint density at radius 3 is 2.07 bits per heavy atom. The van der Waals surface area contributed by atoms with Gasteiger partial charge in [-0.2, -0.15) is 5.10 Å². The predicted octanol–water partition coefficient (Wildman–Crippen LogP) is 4.63. The molecule has 1 aliphatic heterocycles. The Labute approximate surface area is 159 Å². The molecule has 0 amide bonds. The fourth-order valence-corrected chi connectivity index (χ4v) is 3.73. The van der Waals surface area contributed by atoms with Gasteiger partial charge in [-0.15, -0.1) is 0 Å². The van der Waals surface area contributed by atoms with Gasteiger partial charge in [-0.05, 0) is 23.3 Å². The summed E-state index contributed by atoms with van der Waals surface area (Å²) in [5.74, 6) is -0.129. The van der Waals surface area contributed by atoms with Gasteiger partial charge in [0.25, 0.3) is 0 Å². The van der Waals surface area contributed by atoms with Crippen LogP contribution in [0.5, 0.6) is 0 Å². The Hall–Kier alpha value is -3.40. The lowest BCUT2D eigenvalue weighted by Gasteiger charge is -2.30. The highest BCUT2D eigenvalue weighted by Gasteiger charge is 2.40. The number of hydrogen-bond donors (Lipinski definition) is 1. The van der Waals surface area contributed by atoms with E-state index >= 15 is 0 Å². The van der Waals surface area contributed by atoms with E-state index in [1.807, 2.05) is 72.7 Å². The number of carbonyl (C=O) groups excluding carboxylic acids is 1. The lowest BCUT2D eigenvalue weighted by atomic mass is 9.84. The van der Waals surface area contributed by atoms with Crippen molar-refractivity contribution in [1.82, 2.24) is 0 Å². The van der Waals surface area contributed by atoms with E-state index in [0.717, 1.165) is 28.8 Å². The Balaban J connectivity index is 1.90. The molecule has 0 bridgehead atoms. The summed E-state index contributed by atoms with van der Waals surface area (Å²) in [5, 5.41) is 9.95. The summed E-state index contributed by atoms with van der Waals surface area (Å²) < 4.78 is 0. The molecule has 4 rings (SSSR count). The molecule has 27 heavy (non-hydrogen) atoms. The van der Waals surface area contributed by atoms with Gasteiger partial charge in [0.1, 0.15) is 5.71 Å². The van der Waals surface area contributed by atoms with Crippen molar-refractivity contribution in [3.63, 3.8) is 0 Å². The van der Waals surface area contributed by atoms with E-state index in [2.05, 4.69) is 29.6 Å². The van der Waals surface area contributed by atoms with Crippen molar-refractivity contribution in [2.45, 2.75) is 12.0 Å². The van der Waals surface area contributed by atoms with Crippen LogP contribution < -0.4 is 10.3 Å². The fourth-order valence-electron chi connectivity index (χ4n) is 3.73. The third kappa shape index (κ3) is 3.10. The maximum Gasteiger partial charge on any atom is 0.166 e. The van der Waals surface area contributed by atoms with E-state index in [1.165, 1.54) is 0 Å². The average Bonchev–Trinajstić information content (AvgIpc) is 3.14. The molecule has 4 heteroatoms. The SMILES string of the molecule is CNc1ccccc1N1N=C(C=O)C(c2ccccc2)C1c1ccccc1. The second-order valence-corrected chi connectivity index (χ2v) is 6.50. The van der Waals surface area contributed by atoms with Crippen LogP contribution in [0.1, 0.15) is 23.1 Å². The number of hydrazone groups is 1. The van der Waals surface area contributed by atoms with Gasteiger partial charge in [-0.3, -0.25) is 9.80 Å². The number of nitrogens with one attached hydrogen (secondary N) is 1. The highest BCUT2D eigenvalue weighted by Crippen LogP contribution is 2.45. The molecule has 0 aliphatic carbocycles. The zero-order valence-electron chi connectivity index (χ0n) is 15.1. The zero-order chi connectivity index (χ0) is 18.6. The van der Waals surface area contributed by atoms with Crippen molar-refractivity contribution >= 4 is 23.4 Å². The van der Waals surface area contributed by atoms with Gasteiger partial charge in [-0.1, -0.05) is 72.8 Å². The molecular formula is C23H21N3O. The fraction of sp³-hybridized carbons (Fsp3) is 0.130. The second-order valence-electron chi connectivity index (χ2n) is 6.50. The van der Waals surface area contributed by atoms with Crippen molar-refractivity contribution in [2.75, 3.05) is 17.4 Å². The molecule has 2 atom stereocenters. The van der Waals surface area contributed by atoms with Crippen molar-refractivity contribution in [3.05, 3.63) is 96.1 Å². The molecule has 3 aromatic carbocycles. The van der Waals surface area contributed by atoms with Gasteiger partial charge in [0.2, 0.25) is 0 Å². The summed E-state index contributed by atoms with van der Waals surface area (Å²) in [5.41, 5.74) is 4.67. The number of benzene rings is 3. The van der Waals surface area contributed by atoms with Gasteiger partial charge in [-0.25, -0.2) is 0 Å². The summed E-state index contributed by atoms with van der Waals surface area (Å²) in [6.45, 7) is 0. The number of aldehydes is 1. The molecule has 0 radical (unpaired) electrons. The van der Waals surface area contributed by atoms with Crippen LogP contribution in [0.2, 0.25) is 0 Å². The first-order valence-electron chi connectivity index (χ1n) is 9.03. The smallest absolute Gasteiger partial charge is 0.166 e. The standard InChI is InChI=1S/C23H21N3O/c1-24-19-14-8-9-15-21(19)26-23(18-12-6-3-7-13-18)22(20(16-27)25-26)17-10-4-2-5-11-17/h2-16,22-24H,1H3. The number of nitrogens with zero attached hydrogens (tertiary/aromatic N) is 2. The number of rotatable bonds is 5. The number of anilines is 2. The first-order chi connectivity index (χ1) is 13.3. The van der Waals surface area contributed by atoms with Crippen LogP contribution in [0.3, 0.4) is 0 Å². The first-order valence-corrected chi connectivity index (χ1v) is 9.03. The van der Waals surface area contributed by atoms with Gasteiger partial charge in [0.05, 0.1) is 23.3 Å². The average molecular weight is 355 g/mol. The Morgan fingerprint density at radius 2 is 1.44 bits per heavy atom. The first kappa shape index (κ1) is 17.0. The monoisotopic (exact) mass is 355 g/mol. The minimum atomic E-state index is -0.129. The maximum atomic E-state index is 11.9. The highest BCUT2D eigenvalue weighted by atomic mass is 16.1. The van der Waals surface area contributed by atoms with Crippen LogP contribution in [-0.4, -0.2) is 19.0 Å². The number of para-hydroxylation sites is 2. The molecular weight excluding hydrogens is 334 g/mol. The lowest BCUT2D eigenvalue weighted by Crippen LogP contribution is -2.25. The molecule has 0 saturated heterocycles. The molecule has 1 heterocycles. The Morgan fingerprint density at radius 1 is 0.852 bits per heavy atom. The minimum absolute atomic E-state index is 0.0942. The van der Waals surface area contributed by atoms with E-state index in [0.29, 0.717) is 5.71 Å². The summed E-state index contributed by atoms with van der Waals surface area (Å²) >= 11 is 0. The third-order valence-corrected chi connectivity index (χ3v) is 4.96. The molecule has 1 N–H and O–H groups in total. The normalized spacial score (nSPS) is 18.9. The van der Waals surface area contributed by atoms with Crippen molar-refractivity contribution in [2.24, 2.45) is 5.10 Å². The summed E-state index contributed by atoms with van der Waals surface area (Å²) in [6.07, 6.45) is 0.885. The van der Waals surface area contributed by atoms with E-state index in [4.69, 9.17) is 5.10 Å². The van der Waals surface area contributed by atoms with Crippen LogP contribution in [0.4, 0.5) is 11.4 Å².